The summed E-state index contributed by atoms with van der Waals surface area (Å²) in [7, 11) is 1.90. The van der Waals surface area contributed by atoms with Gasteiger partial charge in [0.05, 0.1) is 12.7 Å². The highest BCUT2D eigenvalue weighted by molar-refractivity contribution is 5.74. The summed E-state index contributed by atoms with van der Waals surface area (Å²) in [5.74, 6) is 0. The Bertz CT molecular complexity index is 241. The van der Waals surface area contributed by atoms with Crippen LogP contribution in [-0.4, -0.2) is 56.4 Å². The van der Waals surface area contributed by atoms with Crippen LogP contribution in [0, 0.1) is 0 Å². The molecule has 2 N–H and O–H groups in total. The highest BCUT2D eigenvalue weighted by Crippen LogP contribution is 2.18. The van der Waals surface area contributed by atoms with E-state index in [-0.39, 0.29) is 12.1 Å². The van der Waals surface area contributed by atoms with Crippen LogP contribution in [0.15, 0.2) is 0 Å². The lowest BCUT2D eigenvalue weighted by Crippen LogP contribution is -2.54. The van der Waals surface area contributed by atoms with Crippen molar-refractivity contribution in [2.75, 3.05) is 33.3 Å². The first kappa shape index (κ1) is 11.7. The lowest BCUT2D eigenvalue weighted by Gasteiger charge is -2.35. The van der Waals surface area contributed by atoms with Crippen molar-refractivity contribution in [3.05, 3.63) is 0 Å². The molecular weight excluding hydrogens is 206 g/mol. The van der Waals surface area contributed by atoms with E-state index in [0.717, 1.165) is 19.4 Å². The maximum Gasteiger partial charge on any atom is 0.317 e. The fourth-order valence-electron chi connectivity index (χ4n) is 2.07. The number of urea groups is 1. The van der Waals surface area contributed by atoms with Crippen molar-refractivity contribution in [1.29, 1.82) is 0 Å². The largest absolute Gasteiger partial charge is 0.373 e. The zero-order valence-electron chi connectivity index (χ0n) is 9.87. The van der Waals surface area contributed by atoms with Gasteiger partial charge in [-0.3, -0.25) is 0 Å². The molecule has 0 spiro atoms. The van der Waals surface area contributed by atoms with E-state index in [1.807, 2.05) is 11.9 Å². The number of ether oxygens (including phenoxy) is 1. The molecule has 5 heteroatoms. The zero-order valence-corrected chi connectivity index (χ0v) is 9.87. The van der Waals surface area contributed by atoms with Gasteiger partial charge in [0, 0.05) is 25.7 Å². The third-order valence-corrected chi connectivity index (χ3v) is 3.29. The van der Waals surface area contributed by atoms with E-state index in [0.29, 0.717) is 25.7 Å². The van der Waals surface area contributed by atoms with Crippen molar-refractivity contribution in [2.45, 2.75) is 31.4 Å². The SMILES string of the molecule is CNCC1CN(C(=O)NC2CCC2)CCO1. The zero-order chi connectivity index (χ0) is 11.4. The standard InChI is InChI=1S/C11H21N3O2/c1-12-7-10-8-14(5-6-16-10)11(15)13-9-3-2-4-9/h9-10,12H,2-8H2,1H3,(H,13,15). The van der Waals surface area contributed by atoms with E-state index in [1.165, 1.54) is 6.42 Å². The lowest BCUT2D eigenvalue weighted by atomic mass is 9.93. The average molecular weight is 227 g/mol. The lowest BCUT2D eigenvalue weighted by molar-refractivity contribution is -0.0126. The van der Waals surface area contributed by atoms with E-state index >= 15 is 0 Å². The second-order valence-electron chi connectivity index (χ2n) is 4.57. The van der Waals surface area contributed by atoms with Gasteiger partial charge >= 0.3 is 6.03 Å². The quantitative estimate of drug-likeness (QED) is 0.722. The van der Waals surface area contributed by atoms with E-state index in [4.69, 9.17) is 4.74 Å². The molecule has 2 amide bonds. The molecule has 0 aromatic carbocycles. The van der Waals surface area contributed by atoms with Crippen molar-refractivity contribution in [3.63, 3.8) is 0 Å². The third-order valence-electron chi connectivity index (χ3n) is 3.29. The predicted octanol–water partition coefficient (Wildman–Crippen LogP) is 0.169. The van der Waals surface area contributed by atoms with Crippen LogP contribution in [-0.2, 0) is 4.74 Å². The summed E-state index contributed by atoms with van der Waals surface area (Å²) in [6.45, 7) is 2.84. The molecule has 2 fully saturated rings. The van der Waals surface area contributed by atoms with E-state index in [2.05, 4.69) is 10.6 Å². The van der Waals surface area contributed by atoms with E-state index in [9.17, 15) is 4.79 Å². The number of carbonyl (C=O) groups excluding carboxylic acids is 1. The van der Waals surface area contributed by atoms with Gasteiger partial charge in [-0.15, -0.1) is 0 Å². The van der Waals surface area contributed by atoms with E-state index < -0.39 is 0 Å². The highest BCUT2D eigenvalue weighted by atomic mass is 16.5. The van der Waals surface area contributed by atoms with Gasteiger partial charge in [0.25, 0.3) is 0 Å². The van der Waals surface area contributed by atoms with Gasteiger partial charge in [-0.05, 0) is 26.3 Å². The molecule has 1 heterocycles. The number of hydrogen-bond acceptors (Lipinski definition) is 3. The van der Waals surface area contributed by atoms with Gasteiger partial charge in [0.15, 0.2) is 0 Å². The molecule has 2 aliphatic rings. The summed E-state index contributed by atoms with van der Waals surface area (Å²) in [4.78, 5) is 13.8. The molecule has 1 saturated heterocycles. The van der Waals surface area contributed by atoms with Crippen LogP contribution in [0.3, 0.4) is 0 Å². The fraction of sp³-hybridized carbons (Fsp3) is 0.909. The second kappa shape index (κ2) is 5.50. The number of nitrogens with zero attached hydrogens (tertiary/aromatic N) is 1. The van der Waals surface area contributed by atoms with Gasteiger partial charge < -0.3 is 20.3 Å². The van der Waals surface area contributed by atoms with Gasteiger partial charge in [-0.2, -0.15) is 0 Å². The molecule has 0 aromatic heterocycles. The van der Waals surface area contributed by atoms with Gasteiger partial charge in [0.1, 0.15) is 0 Å². The molecule has 92 valence electrons. The molecule has 1 atom stereocenters. The Hall–Kier alpha value is -0.810. The Balaban J connectivity index is 1.76. The summed E-state index contributed by atoms with van der Waals surface area (Å²) in [6, 6.07) is 0.493. The molecule has 1 saturated carbocycles. The number of nitrogens with one attached hydrogen (secondary N) is 2. The monoisotopic (exact) mass is 227 g/mol. The van der Waals surface area contributed by atoms with Crippen molar-refractivity contribution in [2.24, 2.45) is 0 Å². The first-order valence-corrected chi connectivity index (χ1v) is 6.11. The molecule has 1 unspecified atom stereocenters. The summed E-state index contributed by atoms with van der Waals surface area (Å²) in [5.41, 5.74) is 0. The Labute approximate surface area is 96.5 Å². The topological polar surface area (TPSA) is 53.6 Å². The number of likely N-dealkylation sites (N-methyl/N-ethyl adjacent to an activating group) is 1. The third kappa shape index (κ3) is 2.86. The van der Waals surface area contributed by atoms with Crippen molar-refractivity contribution >= 4 is 6.03 Å². The first-order chi connectivity index (χ1) is 7.79. The van der Waals surface area contributed by atoms with Crippen LogP contribution in [0.2, 0.25) is 0 Å². The smallest absolute Gasteiger partial charge is 0.317 e. The maximum atomic E-state index is 11.9. The fourth-order valence-corrected chi connectivity index (χ4v) is 2.07. The minimum Gasteiger partial charge on any atom is -0.373 e. The molecule has 5 nitrogen and oxygen atoms in total. The number of morpholine rings is 1. The summed E-state index contributed by atoms with van der Waals surface area (Å²) in [5, 5.41) is 6.14. The number of carbonyl (C=O) groups is 1. The molecule has 1 aliphatic carbocycles. The Morgan fingerprint density at radius 3 is 2.94 bits per heavy atom. The van der Waals surface area contributed by atoms with Crippen LogP contribution in [0.1, 0.15) is 19.3 Å². The molecular formula is C11H21N3O2. The first-order valence-electron chi connectivity index (χ1n) is 6.11. The van der Waals surface area contributed by atoms with Crippen LogP contribution >= 0.6 is 0 Å². The number of hydrogen-bond donors (Lipinski definition) is 2. The average Bonchev–Trinajstić information content (AvgIpc) is 2.24. The number of amides is 2. The summed E-state index contributed by atoms with van der Waals surface area (Å²) in [6.07, 6.45) is 3.65. The Kier molecular flexibility index (Phi) is 4.01. The maximum absolute atomic E-state index is 11.9. The summed E-state index contributed by atoms with van der Waals surface area (Å²) >= 11 is 0. The predicted molar refractivity (Wildman–Crippen MR) is 61.4 cm³/mol. The second-order valence-corrected chi connectivity index (χ2v) is 4.57. The Morgan fingerprint density at radius 2 is 2.31 bits per heavy atom. The van der Waals surface area contributed by atoms with Crippen LogP contribution < -0.4 is 10.6 Å². The molecule has 0 bridgehead atoms. The van der Waals surface area contributed by atoms with E-state index in [1.54, 1.807) is 0 Å². The van der Waals surface area contributed by atoms with Crippen molar-refractivity contribution in [3.8, 4) is 0 Å². The molecule has 1 aliphatic heterocycles. The van der Waals surface area contributed by atoms with Crippen LogP contribution in [0.25, 0.3) is 0 Å². The van der Waals surface area contributed by atoms with Crippen LogP contribution in [0.5, 0.6) is 0 Å². The van der Waals surface area contributed by atoms with Gasteiger partial charge in [0.2, 0.25) is 0 Å². The summed E-state index contributed by atoms with van der Waals surface area (Å²) < 4.78 is 5.56. The minimum atomic E-state index is 0.0779. The number of rotatable bonds is 3. The minimum absolute atomic E-state index is 0.0779. The van der Waals surface area contributed by atoms with Gasteiger partial charge in [-0.1, -0.05) is 0 Å². The molecule has 2 rings (SSSR count). The van der Waals surface area contributed by atoms with Crippen molar-refractivity contribution < 1.29 is 9.53 Å². The molecule has 0 aromatic rings. The normalized spacial score (nSPS) is 26.3. The highest BCUT2D eigenvalue weighted by Gasteiger charge is 2.26. The molecule has 0 radical (unpaired) electrons. The van der Waals surface area contributed by atoms with Gasteiger partial charge in [-0.25, -0.2) is 4.79 Å². The van der Waals surface area contributed by atoms with Crippen molar-refractivity contribution in [1.82, 2.24) is 15.5 Å². The Morgan fingerprint density at radius 1 is 1.50 bits per heavy atom. The van der Waals surface area contributed by atoms with Crippen LogP contribution in [0.4, 0.5) is 4.79 Å². The molecule has 16 heavy (non-hydrogen) atoms.